The SMILES string of the molecule is Cc1c(F)ccc(N2CCN(C)CC2)c1NC(=O)/C=C/c1ccc2c(Cl)n[nH]c2c1. The summed E-state index contributed by atoms with van der Waals surface area (Å²) in [4.78, 5) is 17.0. The standard InChI is InChI=1S/C22H23ClFN5O/c1-14-17(24)6-7-19(29-11-9-28(2)10-12-29)21(14)25-20(30)8-4-15-3-5-16-18(13-15)26-27-22(16)23/h3-8,13H,9-12H2,1-2H3,(H,25,30)(H,26,27)/b8-4+. The van der Waals surface area contributed by atoms with Crippen LogP contribution in [0.1, 0.15) is 11.1 Å². The van der Waals surface area contributed by atoms with E-state index in [2.05, 4.69) is 32.4 Å². The van der Waals surface area contributed by atoms with Crippen LogP contribution in [0, 0.1) is 12.7 Å². The average Bonchev–Trinajstić information content (AvgIpc) is 3.11. The Morgan fingerprint density at radius 2 is 2.00 bits per heavy atom. The van der Waals surface area contributed by atoms with E-state index >= 15 is 0 Å². The number of benzene rings is 2. The molecule has 1 aliphatic heterocycles. The number of hydrogen-bond acceptors (Lipinski definition) is 4. The van der Waals surface area contributed by atoms with E-state index in [0.717, 1.165) is 48.3 Å². The number of anilines is 2. The molecule has 1 fully saturated rings. The third kappa shape index (κ3) is 4.17. The van der Waals surface area contributed by atoms with E-state index in [-0.39, 0.29) is 11.7 Å². The number of carbonyl (C=O) groups is 1. The molecule has 1 aliphatic rings. The lowest BCUT2D eigenvalue weighted by atomic mass is 10.1. The zero-order valence-corrected chi connectivity index (χ0v) is 17.6. The van der Waals surface area contributed by atoms with Crippen molar-refractivity contribution in [3.05, 3.63) is 58.5 Å². The lowest BCUT2D eigenvalue weighted by molar-refractivity contribution is -0.111. The summed E-state index contributed by atoms with van der Waals surface area (Å²) in [5, 5.41) is 10.9. The van der Waals surface area contributed by atoms with Crippen molar-refractivity contribution in [2.45, 2.75) is 6.92 Å². The highest BCUT2D eigenvalue weighted by atomic mass is 35.5. The quantitative estimate of drug-likeness (QED) is 0.616. The molecule has 3 aromatic rings. The molecule has 0 unspecified atom stereocenters. The maximum Gasteiger partial charge on any atom is 0.248 e. The molecule has 0 saturated carbocycles. The maximum atomic E-state index is 14.2. The van der Waals surface area contributed by atoms with Crippen LogP contribution in [0.3, 0.4) is 0 Å². The fourth-order valence-corrected chi connectivity index (χ4v) is 3.79. The van der Waals surface area contributed by atoms with Crippen LogP contribution in [-0.4, -0.2) is 54.2 Å². The third-order valence-corrected chi connectivity index (χ3v) is 5.72. The van der Waals surface area contributed by atoms with Crippen molar-refractivity contribution in [3.8, 4) is 0 Å². The van der Waals surface area contributed by atoms with E-state index < -0.39 is 0 Å². The number of rotatable bonds is 4. The van der Waals surface area contributed by atoms with Crippen LogP contribution < -0.4 is 10.2 Å². The minimum Gasteiger partial charge on any atom is -0.367 e. The van der Waals surface area contributed by atoms with Crippen LogP contribution in [0.2, 0.25) is 5.15 Å². The molecule has 1 amide bonds. The normalized spacial score (nSPS) is 15.3. The molecule has 2 heterocycles. The fourth-order valence-electron chi connectivity index (χ4n) is 3.58. The first-order valence-corrected chi connectivity index (χ1v) is 10.2. The van der Waals surface area contributed by atoms with Gasteiger partial charge in [0.1, 0.15) is 5.82 Å². The van der Waals surface area contributed by atoms with Crippen LogP contribution >= 0.6 is 11.6 Å². The van der Waals surface area contributed by atoms with Crippen molar-refractivity contribution in [3.63, 3.8) is 0 Å². The Labute approximate surface area is 179 Å². The average molecular weight is 428 g/mol. The van der Waals surface area contributed by atoms with Crippen molar-refractivity contribution >= 4 is 45.9 Å². The van der Waals surface area contributed by atoms with Crippen LogP contribution in [0.25, 0.3) is 17.0 Å². The molecule has 2 N–H and O–H groups in total. The second-order valence-electron chi connectivity index (χ2n) is 7.50. The number of nitrogens with zero attached hydrogens (tertiary/aromatic N) is 3. The van der Waals surface area contributed by atoms with Crippen molar-refractivity contribution in [2.75, 3.05) is 43.4 Å². The van der Waals surface area contributed by atoms with Gasteiger partial charge in [-0.3, -0.25) is 9.89 Å². The van der Waals surface area contributed by atoms with Crippen LogP contribution in [-0.2, 0) is 4.79 Å². The van der Waals surface area contributed by atoms with Gasteiger partial charge in [-0.1, -0.05) is 17.7 Å². The highest BCUT2D eigenvalue weighted by molar-refractivity contribution is 6.34. The Balaban J connectivity index is 1.54. The van der Waals surface area contributed by atoms with Gasteiger partial charge >= 0.3 is 0 Å². The van der Waals surface area contributed by atoms with Crippen LogP contribution in [0.4, 0.5) is 15.8 Å². The van der Waals surface area contributed by atoms with Crippen molar-refractivity contribution in [1.82, 2.24) is 15.1 Å². The van der Waals surface area contributed by atoms with E-state index in [1.54, 1.807) is 19.1 Å². The Hall–Kier alpha value is -2.90. The number of halogens is 2. The molecule has 0 atom stereocenters. The van der Waals surface area contributed by atoms with Crippen LogP contribution in [0.5, 0.6) is 0 Å². The van der Waals surface area contributed by atoms with Crippen molar-refractivity contribution in [1.29, 1.82) is 0 Å². The van der Waals surface area contributed by atoms with E-state index in [9.17, 15) is 9.18 Å². The number of aromatic amines is 1. The van der Waals surface area contributed by atoms with Crippen molar-refractivity contribution < 1.29 is 9.18 Å². The molecular weight excluding hydrogens is 405 g/mol. The van der Waals surface area contributed by atoms with E-state index in [1.165, 1.54) is 12.1 Å². The molecule has 2 aromatic carbocycles. The Morgan fingerprint density at radius 1 is 1.23 bits per heavy atom. The minimum absolute atomic E-state index is 0.318. The first-order valence-electron chi connectivity index (χ1n) is 9.77. The predicted octanol–water partition coefficient (Wildman–Crippen LogP) is 4.07. The highest BCUT2D eigenvalue weighted by Gasteiger charge is 2.20. The number of carbonyl (C=O) groups excluding carboxylic acids is 1. The number of piperazine rings is 1. The lowest BCUT2D eigenvalue weighted by Crippen LogP contribution is -2.44. The van der Waals surface area contributed by atoms with Gasteiger partial charge in [0.2, 0.25) is 5.91 Å². The van der Waals surface area contributed by atoms with E-state index in [1.807, 2.05) is 18.2 Å². The molecule has 0 spiro atoms. The first-order chi connectivity index (χ1) is 14.4. The Bertz CT molecular complexity index is 1120. The molecule has 0 radical (unpaired) electrons. The second-order valence-corrected chi connectivity index (χ2v) is 7.86. The molecule has 4 rings (SSSR count). The summed E-state index contributed by atoms with van der Waals surface area (Å²) in [5.74, 6) is -0.657. The molecule has 1 saturated heterocycles. The minimum atomic E-state index is -0.339. The van der Waals surface area contributed by atoms with Gasteiger partial charge in [-0.15, -0.1) is 0 Å². The lowest BCUT2D eigenvalue weighted by Gasteiger charge is -2.35. The van der Waals surface area contributed by atoms with E-state index in [4.69, 9.17) is 11.6 Å². The van der Waals surface area contributed by atoms with Gasteiger partial charge < -0.3 is 15.1 Å². The van der Waals surface area contributed by atoms with Gasteiger partial charge in [-0.05, 0) is 49.9 Å². The van der Waals surface area contributed by atoms with Gasteiger partial charge in [-0.25, -0.2) is 4.39 Å². The largest absolute Gasteiger partial charge is 0.367 e. The first kappa shape index (κ1) is 20.4. The number of hydrogen-bond donors (Lipinski definition) is 2. The number of H-pyrrole nitrogens is 1. The molecule has 0 aliphatic carbocycles. The predicted molar refractivity (Wildman–Crippen MR) is 120 cm³/mol. The second kappa shape index (κ2) is 8.45. The van der Waals surface area contributed by atoms with Gasteiger partial charge in [-0.2, -0.15) is 5.10 Å². The summed E-state index contributed by atoms with van der Waals surface area (Å²) >= 11 is 6.00. The summed E-state index contributed by atoms with van der Waals surface area (Å²) in [6, 6.07) is 8.76. The topological polar surface area (TPSA) is 64.3 Å². The molecule has 1 aromatic heterocycles. The summed E-state index contributed by atoms with van der Waals surface area (Å²) < 4.78 is 14.2. The number of amides is 1. The Kier molecular flexibility index (Phi) is 5.74. The zero-order valence-electron chi connectivity index (χ0n) is 16.9. The smallest absolute Gasteiger partial charge is 0.248 e. The number of fused-ring (bicyclic) bond motifs is 1. The summed E-state index contributed by atoms with van der Waals surface area (Å²) in [6.07, 6.45) is 3.14. The molecule has 156 valence electrons. The molecular formula is C22H23ClFN5O. The van der Waals surface area contributed by atoms with Gasteiger partial charge in [0.05, 0.1) is 16.9 Å². The van der Waals surface area contributed by atoms with E-state index in [0.29, 0.717) is 16.4 Å². The number of likely N-dealkylation sites (N-methyl/N-ethyl adjacent to an activating group) is 1. The monoisotopic (exact) mass is 427 g/mol. The highest BCUT2D eigenvalue weighted by Crippen LogP contribution is 2.32. The maximum absolute atomic E-state index is 14.2. The van der Waals surface area contributed by atoms with Gasteiger partial charge in [0, 0.05) is 43.2 Å². The molecule has 6 nitrogen and oxygen atoms in total. The summed E-state index contributed by atoms with van der Waals surface area (Å²) in [7, 11) is 2.08. The van der Waals surface area contributed by atoms with Gasteiger partial charge in [0.15, 0.2) is 5.15 Å². The summed E-state index contributed by atoms with van der Waals surface area (Å²) in [6.45, 7) is 5.18. The number of aromatic nitrogens is 2. The molecule has 8 heteroatoms. The third-order valence-electron chi connectivity index (χ3n) is 5.44. The fraction of sp³-hybridized carbons (Fsp3) is 0.273. The molecule has 0 bridgehead atoms. The van der Waals surface area contributed by atoms with Crippen LogP contribution in [0.15, 0.2) is 36.4 Å². The number of nitrogens with one attached hydrogen (secondary N) is 2. The van der Waals surface area contributed by atoms with Crippen molar-refractivity contribution in [2.24, 2.45) is 0 Å². The zero-order chi connectivity index (χ0) is 21.3. The van der Waals surface area contributed by atoms with Gasteiger partial charge in [0.25, 0.3) is 0 Å². The summed E-state index contributed by atoms with van der Waals surface area (Å²) in [5.41, 5.74) is 3.41. The Morgan fingerprint density at radius 3 is 2.77 bits per heavy atom. The molecule has 30 heavy (non-hydrogen) atoms.